The Kier molecular flexibility index (Phi) is 26.6. The lowest BCUT2D eigenvalue weighted by Crippen LogP contribution is -2.57. The van der Waals surface area contributed by atoms with E-state index in [2.05, 4.69) is 90.9 Å². The normalized spacial score (nSPS) is 23.7. The first-order chi connectivity index (χ1) is 35.7. The molecule has 4 saturated heterocycles. The number of fused-ring (bicyclic) bond motifs is 2. The van der Waals surface area contributed by atoms with Gasteiger partial charge in [-0.3, -0.25) is 19.2 Å². The summed E-state index contributed by atoms with van der Waals surface area (Å²) in [5.41, 5.74) is 9.28. The quantitative estimate of drug-likeness (QED) is 0.120. The van der Waals surface area contributed by atoms with Crippen molar-refractivity contribution in [2.45, 2.75) is 173 Å². The number of benzene rings is 2. The molecule has 0 aromatic heterocycles. The number of carbonyl (C=O) groups is 5. The molecule has 0 unspecified atom stereocenters. The molecule has 4 amide bonds. The SMILES string of the molecule is CC(C)OC(=O)N(C)CC(=O)O.CN[C@@H](C)C(=O)N[C@H](C(=O)N1CC[C@H]2CCCN(CCc3ccccc3)C[C@H]21)C1CCCCC1.I.N[C@H](C(=O)N1CC[C@H]2CCCN(CCc3ccccc3)C[C@H]21)C1CCCCC1. The van der Waals surface area contributed by atoms with E-state index in [0.29, 0.717) is 23.8 Å². The van der Waals surface area contributed by atoms with Gasteiger partial charge in [0.15, 0.2) is 0 Å². The molecule has 420 valence electrons. The molecule has 0 spiro atoms. The third-order valence-electron chi connectivity index (χ3n) is 17.0. The monoisotopic (exact) mass is 1150 g/mol. The average Bonchev–Trinajstić information content (AvgIpc) is 3.86. The maximum atomic E-state index is 14.0. The van der Waals surface area contributed by atoms with Gasteiger partial charge in [0.25, 0.3) is 0 Å². The smallest absolute Gasteiger partial charge is 0.410 e. The molecule has 6 fully saturated rings. The molecule has 2 aromatic carbocycles. The molecule has 4 aliphatic heterocycles. The van der Waals surface area contributed by atoms with Gasteiger partial charge in [-0.05, 0) is 153 Å². The van der Waals surface area contributed by atoms with E-state index >= 15 is 0 Å². The van der Waals surface area contributed by atoms with Crippen LogP contribution in [-0.2, 0) is 36.8 Å². The highest BCUT2D eigenvalue weighted by molar-refractivity contribution is 14.0. The van der Waals surface area contributed by atoms with Gasteiger partial charge in [0, 0.05) is 58.4 Å². The summed E-state index contributed by atoms with van der Waals surface area (Å²) in [7, 11) is 3.17. The number of hydrogen-bond acceptors (Lipinski definition) is 10. The van der Waals surface area contributed by atoms with Crippen LogP contribution < -0.4 is 16.4 Å². The molecule has 7 atom stereocenters. The molecule has 0 bridgehead atoms. The minimum Gasteiger partial charge on any atom is -0.480 e. The number of likely N-dealkylation sites (tertiary alicyclic amines) is 4. The zero-order chi connectivity index (χ0) is 53.0. The highest BCUT2D eigenvalue weighted by Crippen LogP contribution is 2.36. The lowest BCUT2D eigenvalue weighted by molar-refractivity contribution is -0.140. The Morgan fingerprint density at radius 3 is 1.57 bits per heavy atom. The summed E-state index contributed by atoms with van der Waals surface area (Å²) in [5.74, 6) is 1.21. The molecule has 8 rings (SSSR count). The second-order valence-electron chi connectivity index (χ2n) is 22.7. The minimum atomic E-state index is -1.06. The van der Waals surface area contributed by atoms with Crippen LogP contribution in [0.5, 0.6) is 0 Å². The van der Waals surface area contributed by atoms with Crippen molar-refractivity contribution in [3.63, 3.8) is 0 Å². The number of rotatable bonds is 16. The van der Waals surface area contributed by atoms with E-state index in [9.17, 15) is 24.0 Å². The summed E-state index contributed by atoms with van der Waals surface area (Å²) < 4.78 is 4.74. The van der Waals surface area contributed by atoms with Crippen LogP contribution in [0.4, 0.5) is 4.79 Å². The lowest BCUT2D eigenvalue weighted by atomic mass is 9.83. The van der Waals surface area contributed by atoms with Crippen molar-refractivity contribution < 1.29 is 33.8 Å². The van der Waals surface area contributed by atoms with E-state index in [1.54, 1.807) is 20.9 Å². The highest BCUT2D eigenvalue weighted by atomic mass is 127. The number of halogens is 1. The maximum Gasteiger partial charge on any atom is 0.410 e. The number of hydrogen-bond donors (Lipinski definition) is 4. The molecule has 15 nitrogen and oxygen atoms in total. The Morgan fingerprint density at radius 2 is 1.12 bits per heavy atom. The predicted molar refractivity (Wildman–Crippen MR) is 308 cm³/mol. The van der Waals surface area contributed by atoms with Gasteiger partial charge in [-0.2, -0.15) is 0 Å². The molecular formula is C59H95IN8O7. The molecular weight excluding hydrogens is 1060 g/mol. The van der Waals surface area contributed by atoms with E-state index in [-0.39, 0.29) is 84.4 Å². The second kappa shape index (κ2) is 32.2. The number of amides is 4. The standard InChI is InChI=1S/C28H44N4O2.C24H37N3O.C7H13NO4.HI/c1-21(29-2)27(33)30-26(24-12-7-4-8-13-24)28(34)32-19-16-23-14-9-17-31(20-25(23)32)18-15-22-10-5-3-6-11-22;25-23(21-10-5-2-6-11-21)24(28)27-17-14-20-12-7-15-26(18-22(20)27)16-13-19-8-3-1-4-9-19;1-5(2)12-7(11)8(3)4-6(9)10;/h3,5-6,10-11,21,23-26,29H,4,7-9,12-20H2,1-2H3,(H,30,33);1,3-4,8-9,20-23H,2,5-7,10-18,25H2;5H,4H2,1-3H3,(H,9,10);1H/t21-,23+,25+,26-;20-,22-,23+;;/m01../s1. The number of nitrogens with two attached hydrogens (primary N) is 1. The van der Waals surface area contributed by atoms with Crippen molar-refractivity contribution >= 4 is 53.8 Å². The number of carboxylic acid groups (broad SMARTS) is 1. The number of carbonyl (C=O) groups excluding carboxylic acids is 4. The zero-order valence-electron chi connectivity index (χ0n) is 46.3. The lowest BCUT2D eigenvalue weighted by Gasteiger charge is -2.37. The largest absolute Gasteiger partial charge is 0.480 e. The Morgan fingerprint density at radius 1 is 0.653 bits per heavy atom. The first kappa shape index (κ1) is 62.0. The first-order valence-corrected chi connectivity index (χ1v) is 28.7. The minimum absolute atomic E-state index is 0. The Balaban J connectivity index is 0.000000229. The molecule has 2 aromatic rings. The summed E-state index contributed by atoms with van der Waals surface area (Å²) in [6, 6.07) is 21.2. The van der Waals surface area contributed by atoms with Gasteiger partial charge in [0.05, 0.1) is 18.2 Å². The Hall–Kier alpha value is -3.84. The van der Waals surface area contributed by atoms with Gasteiger partial charge in [-0.1, -0.05) is 99.2 Å². The summed E-state index contributed by atoms with van der Waals surface area (Å²) in [6.07, 6.45) is 20.2. The number of aliphatic carboxylic acids is 1. The molecule has 4 heterocycles. The number of nitrogens with one attached hydrogen (secondary N) is 2. The van der Waals surface area contributed by atoms with Crippen molar-refractivity contribution in [1.82, 2.24) is 35.1 Å². The van der Waals surface area contributed by atoms with Gasteiger partial charge in [0.1, 0.15) is 12.6 Å². The van der Waals surface area contributed by atoms with Crippen molar-refractivity contribution in [1.29, 1.82) is 0 Å². The topological polar surface area (TPSA) is 181 Å². The van der Waals surface area contributed by atoms with Crippen LogP contribution in [0, 0.1) is 23.7 Å². The van der Waals surface area contributed by atoms with Crippen molar-refractivity contribution in [2.75, 3.05) is 73.0 Å². The van der Waals surface area contributed by atoms with Crippen molar-refractivity contribution in [3.05, 3.63) is 71.8 Å². The molecule has 0 radical (unpaired) electrons. The molecule has 6 aliphatic rings. The van der Waals surface area contributed by atoms with Gasteiger partial charge in [0.2, 0.25) is 17.7 Å². The number of nitrogens with zero attached hydrogens (tertiary/aromatic N) is 5. The van der Waals surface area contributed by atoms with E-state index in [1.807, 2.05) is 6.92 Å². The molecule has 16 heteroatoms. The molecule has 2 aliphatic carbocycles. The van der Waals surface area contributed by atoms with Crippen molar-refractivity contribution in [2.24, 2.45) is 29.4 Å². The third-order valence-corrected chi connectivity index (χ3v) is 17.0. The summed E-state index contributed by atoms with van der Waals surface area (Å²) in [5, 5.41) is 14.5. The molecule has 75 heavy (non-hydrogen) atoms. The van der Waals surface area contributed by atoms with E-state index < -0.39 is 12.1 Å². The second-order valence-corrected chi connectivity index (χ2v) is 22.7. The van der Waals surface area contributed by atoms with Gasteiger partial charge in [-0.15, -0.1) is 24.0 Å². The first-order valence-electron chi connectivity index (χ1n) is 28.7. The van der Waals surface area contributed by atoms with Crippen LogP contribution in [0.15, 0.2) is 60.7 Å². The van der Waals surface area contributed by atoms with E-state index in [1.165, 1.54) is 76.0 Å². The van der Waals surface area contributed by atoms with Crippen LogP contribution in [0.3, 0.4) is 0 Å². The predicted octanol–water partition coefficient (Wildman–Crippen LogP) is 7.83. The van der Waals surface area contributed by atoms with E-state index in [0.717, 1.165) is 115 Å². The summed E-state index contributed by atoms with van der Waals surface area (Å²) in [6.45, 7) is 13.1. The van der Waals surface area contributed by atoms with Crippen LogP contribution in [0.1, 0.15) is 135 Å². The summed E-state index contributed by atoms with van der Waals surface area (Å²) in [4.78, 5) is 71.7. The maximum absolute atomic E-state index is 14.0. The number of carboxylic acids is 1. The highest BCUT2D eigenvalue weighted by Gasteiger charge is 2.44. The van der Waals surface area contributed by atoms with Crippen LogP contribution in [0.2, 0.25) is 0 Å². The fraction of sp³-hybridized carbons (Fsp3) is 0.712. The third kappa shape index (κ3) is 19.2. The van der Waals surface area contributed by atoms with Crippen LogP contribution in [-0.4, -0.2) is 169 Å². The molecule has 5 N–H and O–H groups in total. The van der Waals surface area contributed by atoms with Gasteiger partial charge >= 0.3 is 12.1 Å². The van der Waals surface area contributed by atoms with Gasteiger partial charge < -0.3 is 50.7 Å². The Bertz CT molecular complexity index is 2020. The number of likely N-dealkylation sites (N-methyl/N-ethyl adjacent to an activating group) is 2. The average molecular weight is 1160 g/mol. The molecule has 2 saturated carbocycles. The van der Waals surface area contributed by atoms with Crippen LogP contribution >= 0.6 is 24.0 Å². The Labute approximate surface area is 467 Å². The number of ether oxygens (including phenoxy) is 1. The fourth-order valence-corrected chi connectivity index (χ4v) is 12.6. The van der Waals surface area contributed by atoms with Gasteiger partial charge in [-0.25, -0.2) is 4.79 Å². The zero-order valence-corrected chi connectivity index (χ0v) is 48.6. The van der Waals surface area contributed by atoms with Crippen LogP contribution in [0.25, 0.3) is 0 Å². The fourth-order valence-electron chi connectivity index (χ4n) is 12.6. The van der Waals surface area contributed by atoms with Crippen molar-refractivity contribution in [3.8, 4) is 0 Å². The van der Waals surface area contributed by atoms with E-state index in [4.69, 9.17) is 15.6 Å². The summed E-state index contributed by atoms with van der Waals surface area (Å²) >= 11 is 0.